The van der Waals surface area contributed by atoms with Gasteiger partial charge in [0.1, 0.15) is 6.61 Å². The molecule has 0 unspecified atom stereocenters. The van der Waals surface area contributed by atoms with Crippen molar-refractivity contribution in [2.45, 2.75) is 18.3 Å². The van der Waals surface area contributed by atoms with Crippen molar-refractivity contribution in [3.8, 4) is 11.4 Å². The number of benzene rings is 3. The van der Waals surface area contributed by atoms with Crippen LogP contribution in [-0.4, -0.2) is 32.5 Å². The highest BCUT2D eigenvalue weighted by Crippen LogP contribution is 2.34. The van der Waals surface area contributed by atoms with Gasteiger partial charge in [0, 0.05) is 18.8 Å². The number of nitrogens with zero attached hydrogens (tertiary/aromatic N) is 4. The van der Waals surface area contributed by atoms with Crippen LogP contribution in [0.2, 0.25) is 10.0 Å². The lowest BCUT2D eigenvalue weighted by molar-refractivity contribution is 0.306. The lowest BCUT2D eigenvalue weighted by Gasteiger charge is -2.12. The average Bonchev–Trinajstić information content (AvgIpc) is 3.28. The number of tetrazole rings is 1. The summed E-state index contributed by atoms with van der Waals surface area (Å²) in [6.07, 6.45) is 0. The summed E-state index contributed by atoms with van der Waals surface area (Å²) in [5.41, 5.74) is 2.99. The first-order valence-electron chi connectivity index (χ1n) is 10.0. The highest BCUT2D eigenvalue weighted by Gasteiger charge is 2.11. The first-order chi connectivity index (χ1) is 15.7. The number of para-hydroxylation sites is 1. The number of rotatable bonds is 10. The van der Waals surface area contributed by atoms with E-state index in [2.05, 4.69) is 20.8 Å². The van der Waals surface area contributed by atoms with E-state index in [1.807, 2.05) is 72.8 Å². The normalized spacial score (nSPS) is 10.9. The minimum Gasteiger partial charge on any atom is -0.486 e. The van der Waals surface area contributed by atoms with Gasteiger partial charge >= 0.3 is 0 Å². The Morgan fingerprint density at radius 2 is 1.59 bits per heavy atom. The summed E-state index contributed by atoms with van der Waals surface area (Å²) in [6, 6.07) is 23.5. The van der Waals surface area contributed by atoms with Crippen molar-refractivity contribution >= 4 is 35.0 Å². The van der Waals surface area contributed by atoms with Crippen molar-refractivity contribution in [3.63, 3.8) is 0 Å². The molecule has 0 spiro atoms. The summed E-state index contributed by atoms with van der Waals surface area (Å²) in [6.45, 7) is 1.83. The average molecular weight is 486 g/mol. The van der Waals surface area contributed by atoms with Crippen LogP contribution in [0.3, 0.4) is 0 Å². The van der Waals surface area contributed by atoms with Crippen LogP contribution in [0.5, 0.6) is 5.75 Å². The van der Waals surface area contributed by atoms with Crippen molar-refractivity contribution in [3.05, 3.63) is 94.0 Å². The largest absolute Gasteiger partial charge is 0.486 e. The minimum atomic E-state index is 0.414. The topological polar surface area (TPSA) is 64.9 Å². The molecule has 0 fully saturated rings. The molecule has 0 atom stereocenters. The van der Waals surface area contributed by atoms with Crippen molar-refractivity contribution in [1.82, 2.24) is 25.5 Å². The molecule has 1 N–H and O–H groups in total. The Bertz CT molecular complexity index is 1120. The molecule has 9 heteroatoms. The summed E-state index contributed by atoms with van der Waals surface area (Å²) >= 11 is 14.4. The summed E-state index contributed by atoms with van der Waals surface area (Å²) in [7, 11) is 0. The molecular formula is C23H21Cl2N5OS. The fourth-order valence-corrected chi connectivity index (χ4v) is 4.46. The third kappa shape index (κ3) is 6.01. The molecule has 1 heterocycles. The summed E-state index contributed by atoms with van der Waals surface area (Å²) in [4.78, 5) is 0. The highest BCUT2D eigenvalue weighted by atomic mass is 35.5. The first-order valence-corrected chi connectivity index (χ1v) is 11.8. The summed E-state index contributed by atoms with van der Waals surface area (Å²) in [5, 5.41) is 17.1. The van der Waals surface area contributed by atoms with E-state index in [9.17, 15) is 0 Å². The van der Waals surface area contributed by atoms with E-state index in [4.69, 9.17) is 27.9 Å². The van der Waals surface area contributed by atoms with E-state index in [1.165, 1.54) is 0 Å². The van der Waals surface area contributed by atoms with Gasteiger partial charge in [-0.3, -0.25) is 0 Å². The molecule has 0 aliphatic rings. The summed E-state index contributed by atoms with van der Waals surface area (Å²) < 4.78 is 7.57. The smallest absolute Gasteiger partial charge is 0.214 e. The van der Waals surface area contributed by atoms with Gasteiger partial charge in [-0.05, 0) is 45.8 Å². The van der Waals surface area contributed by atoms with Crippen LogP contribution in [0.1, 0.15) is 11.1 Å². The molecule has 0 aliphatic heterocycles. The molecule has 0 saturated heterocycles. The molecule has 1 aromatic heterocycles. The van der Waals surface area contributed by atoms with E-state index < -0.39 is 0 Å². The van der Waals surface area contributed by atoms with Crippen LogP contribution in [0, 0.1) is 0 Å². The van der Waals surface area contributed by atoms with E-state index in [0.29, 0.717) is 28.9 Å². The Morgan fingerprint density at radius 3 is 2.31 bits per heavy atom. The maximum absolute atomic E-state index is 6.42. The maximum atomic E-state index is 6.42. The number of hydrogen-bond donors (Lipinski definition) is 1. The molecule has 32 heavy (non-hydrogen) atoms. The quantitative estimate of drug-likeness (QED) is 0.238. The Kier molecular flexibility index (Phi) is 8.01. The van der Waals surface area contributed by atoms with E-state index in [1.54, 1.807) is 16.4 Å². The predicted octanol–water partition coefficient (Wildman–Crippen LogP) is 5.43. The van der Waals surface area contributed by atoms with Crippen molar-refractivity contribution in [2.75, 3.05) is 12.3 Å². The molecule has 0 radical (unpaired) electrons. The first kappa shape index (κ1) is 22.6. The van der Waals surface area contributed by atoms with Gasteiger partial charge in [0.2, 0.25) is 5.16 Å². The second-order valence-corrected chi connectivity index (χ2v) is 8.77. The van der Waals surface area contributed by atoms with Crippen LogP contribution in [0.4, 0.5) is 0 Å². The van der Waals surface area contributed by atoms with Gasteiger partial charge in [-0.2, -0.15) is 4.68 Å². The van der Waals surface area contributed by atoms with Gasteiger partial charge in [0.15, 0.2) is 5.75 Å². The number of nitrogens with one attached hydrogen (secondary N) is 1. The van der Waals surface area contributed by atoms with Gasteiger partial charge in [0.05, 0.1) is 15.7 Å². The molecule has 4 rings (SSSR count). The van der Waals surface area contributed by atoms with Crippen LogP contribution < -0.4 is 10.1 Å². The van der Waals surface area contributed by atoms with E-state index in [0.717, 1.165) is 34.3 Å². The fourth-order valence-electron chi connectivity index (χ4n) is 3.03. The number of hydrogen-bond acceptors (Lipinski definition) is 6. The van der Waals surface area contributed by atoms with Gasteiger partial charge in [-0.1, -0.05) is 83.5 Å². The predicted molar refractivity (Wildman–Crippen MR) is 129 cm³/mol. The van der Waals surface area contributed by atoms with Crippen molar-refractivity contribution in [1.29, 1.82) is 0 Å². The maximum Gasteiger partial charge on any atom is 0.214 e. The van der Waals surface area contributed by atoms with Crippen LogP contribution in [0.15, 0.2) is 78.0 Å². The highest BCUT2D eigenvalue weighted by molar-refractivity contribution is 7.99. The van der Waals surface area contributed by atoms with Crippen molar-refractivity contribution in [2.24, 2.45) is 0 Å². The Balaban J connectivity index is 1.26. The van der Waals surface area contributed by atoms with E-state index >= 15 is 0 Å². The molecule has 164 valence electrons. The molecule has 0 bridgehead atoms. The number of ether oxygens (including phenoxy) is 1. The zero-order valence-electron chi connectivity index (χ0n) is 17.1. The van der Waals surface area contributed by atoms with Crippen LogP contribution >= 0.6 is 35.0 Å². The molecule has 3 aromatic carbocycles. The Labute approximate surface area is 200 Å². The number of aromatic nitrogens is 4. The third-order valence-corrected chi connectivity index (χ3v) is 6.05. The summed E-state index contributed by atoms with van der Waals surface area (Å²) in [5.74, 6) is 1.32. The van der Waals surface area contributed by atoms with Crippen LogP contribution in [0.25, 0.3) is 5.69 Å². The molecule has 6 nitrogen and oxygen atoms in total. The van der Waals surface area contributed by atoms with Crippen molar-refractivity contribution < 1.29 is 4.74 Å². The molecule has 0 aliphatic carbocycles. The van der Waals surface area contributed by atoms with Crippen LogP contribution in [-0.2, 0) is 13.2 Å². The number of halogens is 2. The van der Waals surface area contributed by atoms with Gasteiger partial charge in [-0.15, -0.1) is 5.10 Å². The lowest BCUT2D eigenvalue weighted by atomic mass is 10.2. The van der Waals surface area contributed by atoms with E-state index in [-0.39, 0.29) is 0 Å². The minimum absolute atomic E-state index is 0.414. The monoisotopic (exact) mass is 485 g/mol. The van der Waals surface area contributed by atoms with Gasteiger partial charge in [0.25, 0.3) is 0 Å². The van der Waals surface area contributed by atoms with Gasteiger partial charge < -0.3 is 10.1 Å². The Morgan fingerprint density at radius 1 is 0.906 bits per heavy atom. The van der Waals surface area contributed by atoms with Gasteiger partial charge in [-0.25, -0.2) is 0 Å². The Hall–Kier alpha value is -2.58. The third-order valence-electron chi connectivity index (χ3n) is 4.56. The molecular weight excluding hydrogens is 465 g/mol. The molecule has 0 saturated carbocycles. The molecule has 4 aromatic rings. The lowest BCUT2D eigenvalue weighted by Crippen LogP contribution is -2.17. The number of thioether (sulfide) groups is 1. The zero-order valence-corrected chi connectivity index (χ0v) is 19.4. The fraction of sp³-hybridized carbons (Fsp3) is 0.174. The zero-order chi connectivity index (χ0) is 22.2. The second-order valence-electron chi connectivity index (χ2n) is 6.90. The second kappa shape index (κ2) is 11.3. The standard InChI is InChI=1S/C23H21Cl2N5OS/c24-20-13-18(14-21(25)22(20)31-16-17-7-3-1-4-8-17)15-26-11-12-32-23-27-28-29-30(23)19-9-5-2-6-10-19/h1-10,13-14,26H,11-12,15-16H2. The SMILES string of the molecule is Clc1cc(CNCCSc2nnnn2-c2ccccc2)cc(Cl)c1OCc1ccccc1. The molecule has 0 amide bonds.